The molecule has 0 radical (unpaired) electrons. The molecule has 0 N–H and O–H groups in total. The Morgan fingerprint density at radius 1 is 1.60 bits per heavy atom. The average Bonchev–Trinajstić information content (AvgIpc) is 2.29. The lowest BCUT2D eigenvalue weighted by molar-refractivity contribution is -0.117. The molecule has 0 saturated heterocycles. The van der Waals surface area contributed by atoms with E-state index in [0.717, 1.165) is 6.41 Å². The lowest BCUT2D eigenvalue weighted by atomic mass is 10.1. The molecule has 0 aliphatic heterocycles. The zero-order chi connectivity index (χ0) is 11.1. The van der Waals surface area contributed by atoms with E-state index in [0.29, 0.717) is 24.9 Å². The lowest BCUT2D eigenvalue weighted by Gasteiger charge is -2.08. The average molecular weight is 206 g/mol. The summed E-state index contributed by atoms with van der Waals surface area (Å²) in [5.41, 5.74) is 0.631. The number of aromatic nitrogens is 1. The molecule has 0 unspecified atom stereocenters. The van der Waals surface area contributed by atoms with Crippen LogP contribution in [0.15, 0.2) is 24.5 Å². The third-order valence-electron chi connectivity index (χ3n) is 2.08. The zero-order valence-electron chi connectivity index (χ0n) is 8.72. The zero-order valence-corrected chi connectivity index (χ0v) is 8.72. The Bertz CT molecular complexity index is 325. The van der Waals surface area contributed by atoms with Crippen LogP contribution in [0.4, 0.5) is 0 Å². The van der Waals surface area contributed by atoms with E-state index in [1.165, 1.54) is 4.90 Å². The smallest absolute Gasteiger partial charge is 0.209 e. The van der Waals surface area contributed by atoms with Gasteiger partial charge in [-0.25, -0.2) is 0 Å². The van der Waals surface area contributed by atoms with E-state index in [1.807, 2.05) is 0 Å². The van der Waals surface area contributed by atoms with Crippen LogP contribution in [0.25, 0.3) is 0 Å². The van der Waals surface area contributed by atoms with Gasteiger partial charge in [0, 0.05) is 38.0 Å². The molecule has 0 fully saturated rings. The van der Waals surface area contributed by atoms with Crippen LogP contribution in [0.1, 0.15) is 23.2 Å². The molecule has 0 aliphatic rings. The van der Waals surface area contributed by atoms with Crippen LogP contribution in [0.5, 0.6) is 0 Å². The fourth-order valence-corrected chi connectivity index (χ4v) is 1.21. The Morgan fingerprint density at radius 3 is 3.00 bits per heavy atom. The van der Waals surface area contributed by atoms with Crippen LogP contribution >= 0.6 is 0 Å². The third-order valence-corrected chi connectivity index (χ3v) is 2.08. The maximum Gasteiger partial charge on any atom is 0.209 e. The summed E-state index contributed by atoms with van der Waals surface area (Å²) in [6.45, 7) is 0.607. The molecule has 1 heterocycles. The van der Waals surface area contributed by atoms with Gasteiger partial charge in [-0.05, 0) is 18.6 Å². The van der Waals surface area contributed by atoms with Crippen molar-refractivity contribution in [3.8, 4) is 0 Å². The molecule has 0 spiro atoms. The number of ketones is 1. The standard InChI is InChI=1S/C11H14N2O2/c1-13(9-14)7-3-5-11(15)10-4-2-6-12-8-10/h2,4,6,8-9H,3,5,7H2,1H3. The Kier molecular flexibility index (Phi) is 4.47. The first-order valence-electron chi connectivity index (χ1n) is 4.83. The number of Topliss-reactive ketones (excluding diaryl/α,β-unsaturated/α-hetero) is 1. The lowest BCUT2D eigenvalue weighted by Crippen LogP contribution is -2.17. The molecule has 0 bridgehead atoms. The highest BCUT2D eigenvalue weighted by Gasteiger charge is 2.05. The topological polar surface area (TPSA) is 50.3 Å². The first kappa shape index (κ1) is 11.4. The van der Waals surface area contributed by atoms with E-state index in [9.17, 15) is 9.59 Å². The second kappa shape index (κ2) is 5.90. The minimum atomic E-state index is 0.0717. The van der Waals surface area contributed by atoms with Gasteiger partial charge in [0.05, 0.1) is 0 Å². The van der Waals surface area contributed by atoms with Crippen molar-refractivity contribution in [2.75, 3.05) is 13.6 Å². The summed E-state index contributed by atoms with van der Waals surface area (Å²) in [6.07, 6.45) is 5.09. The van der Waals surface area contributed by atoms with Crippen LogP contribution in [-0.2, 0) is 4.79 Å². The van der Waals surface area contributed by atoms with E-state index in [2.05, 4.69) is 4.98 Å². The molecule has 15 heavy (non-hydrogen) atoms. The van der Waals surface area contributed by atoms with Gasteiger partial charge in [0.15, 0.2) is 5.78 Å². The molecule has 1 aromatic heterocycles. The van der Waals surface area contributed by atoms with Crippen LogP contribution in [0.2, 0.25) is 0 Å². The van der Waals surface area contributed by atoms with Gasteiger partial charge < -0.3 is 4.90 Å². The van der Waals surface area contributed by atoms with Crippen LogP contribution < -0.4 is 0 Å². The maximum atomic E-state index is 11.6. The van der Waals surface area contributed by atoms with Gasteiger partial charge in [-0.15, -0.1) is 0 Å². The molecule has 1 rings (SSSR count). The van der Waals surface area contributed by atoms with Crippen molar-refractivity contribution < 1.29 is 9.59 Å². The Balaban J connectivity index is 2.34. The first-order chi connectivity index (χ1) is 7.24. The summed E-state index contributed by atoms with van der Waals surface area (Å²) in [4.78, 5) is 27.3. The van der Waals surface area contributed by atoms with Crippen LogP contribution in [0.3, 0.4) is 0 Å². The van der Waals surface area contributed by atoms with Crippen molar-refractivity contribution in [3.63, 3.8) is 0 Å². The molecule has 4 heteroatoms. The predicted molar refractivity (Wildman–Crippen MR) is 56.5 cm³/mol. The maximum absolute atomic E-state index is 11.6. The summed E-state index contributed by atoms with van der Waals surface area (Å²) < 4.78 is 0. The van der Waals surface area contributed by atoms with Crippen molar-refractivity contribution in [2.24, 2.45) is 0 Å². The van der Waals surface area contributed by atoms with Crippen molar-refractivity contribution >= 4 is 12.2 Å². The molecule has 0 aliphatic carbocycles. The number of nitrogens with zero attached hydrogens (tertiary/aromatic N) is 2. The van der Waals surface area contributed by atoms with Crippen LogP contribution in [-0.4, -0.2) is 35.7 Å². The molecule has 0 aromatic carbocycles. The number of hydrogen-bond donors (Lipinski definition) is 0. The molecular weight excluding hydrogens is 192 g/mol. The minimum absolute atomic E-state index is 0.0717. The van der Waals surface area contributed by atoms with E-state index >= 15 is 0 Å². The van der Waals surface area contributed by atoms with Crippen molar-refractivity contribution in [3.05, 3.63) is 30.1 Å². The normalized spacial score (nSPS) is 9.67. The number of amides is 1. The van der Waals surface area contributed by atoms with Crippen molar-refractivity contribution in [1.29, 1.82) is 0 Å². The number of carbonyl (C=O) groups excluding carboxylic acids is 2. The summed E-state index contributed by atoms with van der Waals surface area (Å²) in [7, 11) is 1.70. The number of rotatable bonds is 6. The van der Waals surface area contributed by atoms with Gasteiger partial charge in [0.1, 0.15) is 0 Å². The summed E-state index contributed by atoms with van der Waals surface area (Å²) in [5, 5.41) is 0. The summed E-state index contributed by atoms with van der Waals surface area (Å²) in [6, 6.07) is 3.49. The minimum Gasteiger partial charge on any atom is -0.348 e. The first-order valence-corrected chi connectivity index (χ1v) is 4.83. The fraction of sp³-hybridized carbons (Fsp3) is 0.364. The molecule has 80 valence electrons. The summed E-state index contributed by atoms with van der Waals surface area (Å²) >= 11 is 0. The molecule has 4 nitrogen and oxygen atoms in total. The van der Waals surface area contributed by atoms with E-state index in [1.54, 1.807) is 31.6 Å². The monoisotopic (exact) mass is 206 g/mol. The number of hydrogen-bond acceptors (Lipinski definition) is 3. The number of carbonyl (C=O) groups is 2. The van der Waals surface area contributed by atoms with Crippen LogP contribution in [0, 0.1) is 0 Å². The summed E-state index contributed by atoms with van der Waals surface area (Å²) in [5.74, 6) is 0.0717. The van der Waals surface area contributed by atoms with Crippen molar-refractivity contribution in [1.82, 2.24) is 9.88 Å². The quantitative estimate of drug-likeness (QED) is 0.518. The Labute approximate surface area is 88.9 Å². The SMILES string of the molecule is CN(C=O)CCCC(=O)c1cccnc1. The van der Waals surface area contributed by atoms with Gasteiger partial charge in [-0.3, -0.25) is 14.6 Å². The Hall–Kier alpha value is -1.71. The molecule has 1 amide bonds. The number of pyridine rings is 1. The largest absolute Gasteiger partial charge is 0.348 e. The molecule has 0 atom stereocenters. The van der Waals surface area contributed by atoms with Gasteiger partial charge in [0.25, 0.3) is 0 Å². The highest BCUT2D eigenvalue weighted by atomic mass is 16.1. The van der Waals surface area contributed by atoms with E-state index < -0.39 is 0 Å². The third kappa shape index (κ3) is 3.89. The molecular formula is C11H14N2O2. The van der Waals surface area contributed by atoms with Gasteiger partial charge in [-0.2, -0.15) is 0 Å². The second-order valence-corrected chi connectivity index (χ2v) is 3.35. The van der Waals surface area contributed by atoms with Gasteiger partial charge >= 0.3 is 0 Å². The van der Waals surface area contributed by atoms with Crippen molar-refractivity contribution in [2.45, 2.75) is 12.8 Å². The molecule has 1 aromatic rings. The fourth-order valence-electron chi connectivity index (χ4n) is 1.21. The van der Waals surface area contributed by atoms with Gasteiger partial charge in [0.2, 0.25) is 6.41 Å². The molecule has 0 saturated carbocycles. The highest BCUT2D eigenvalue weighted by molar-refractivity contribution is 5.95. The van der Waals surface area contributed by atoms with E-state index in [-0.39, 0.29) is 5.78 Å². The predicted octanol–water partition coefficient (Wildman–Crippen LogP) is 1.13. The Morgan fingerprint density at radius 2 is 2.40 bits per heavy atom. The highest BCUT2D eigenvalue weighted by Crippen LogP contribution is 2.03. The van der Waals surface area contributed by atoms with E-state index in [4.69, 9.17) is 0 Å². The van der Waals surface area contributed by atoms with Gasteiger partial charge in [-0.1, -0.05) is 0 Å². The second-order valence-electron chi connectivity index (χ2n) is 3.35.